The Balaban J connectivity index is 2.21. The van der Waals surface area contributed by atoms with Gasteiger partial charge in [-0.2, -0.15) is 0 Å². The summed E-state index contributed by atoms with van der Waals surface area (Å²) in [6.07, 6.45) is 2.70. The van der Waals surface area contributed by atoms with Gasteiger partial charge in [0.25, 0.3) is 0 Å². The molecule has 0 saturated carbocycles. The van der Waals surface area contributed by atoms with Crippen molar-refractivity contribution < 1.29 is 0 Å². The van der Waals surface area contributed by atoms with Crippen molar-refractivity contribution in [2.45, 2.75) is 40.2 Å². The van der Waals surface area contributed by atoms with E-state index in [1.165, 1.54) is 4.88 Å². The minimum Gasteiger partial charge on any atom is -0.370 e. The van der Waals surface area contributed by atoms with Gasteiger partial charge in [-0.05, 0) is 30.7 Å². The number of nitrogens with one attached hydrogen (secondary N) is 2. The number of hydrogen-bond donors (Lipinski definition) is 2. The molecule has 114 valence electrons. The highest BCUT2D eigenvalue weighted by Crippen LogP contribution is 2.31. The summed E-state index contributed by atoms with van der Waals surface area (Å²) in [6, 6.07) is 4.55. The normalized spacial score (nSPS) is 12.4. The molecule has 0 fully saturated rings. The van der Waals surface area contributed by atoms with Crippen LogP contribution in [0.5, 0.6) is 0 Å². The molecular formula is C16H24N4S. The van der Waals surface area contributed by atoms with Crippen LogP contribution in [-0.2, 0) is 0 Å². The molecule has 2 aromatic rings. The lowest BCUT2D eigenvalue weighted by Crippen LogP contribution is -2.18. The van der Waals surface area contributed by atoms with E-state index in [1.807, 2.05) is 0 Å². The van der Waals surface area contributed by atoms with Gasteiger partial charge in [-0.3, -0.25) is 0 Å². The zero-order valence-corrected chi connectivity index (χ0v) is 14.0. The molecule has 2 N–H and O–H groups in total. The van der Waals surface area contributed by atoms with Gasteiger partial charge in [0, 0.05) is 17.0 Å². The van der Waals surface area contributed by atoms with E-state index in [0.29, 0.717) is 5.92 Å². The van der Waals surface area contributed by atoms with Gasteiger partial charge in [0.15, 0.2) is 0 Å². The molecule has 0 aromatic carbocycles. The van der Waals surface area contributed by atoms with Crippen molar-refractivity contribution in [2.75, 3.05) is 17.2 Å². The molecule has 0 aliphatic heterocycles. The summed E-state index contributed by atoms with van der Waals surface area (Å²) >= 11 is 1.78. The molecule has 4 nitrogen and oxygen atoms in total. The second kappa shape index (κ2) is 7.41. The maximum absolute atomic E-state index is 4.42. The second-order valence-corrected chi connectivity index (χ2v) is 6.48. The van der Waals surface area contributed by atoms with Crippen LogP contribution in [0.15, 0.2) is 23.8 Å². The van der Waals surface area contributed by atoms with Gasteiger partial charge >= 0.3 is 0 Å². The molecule has 2 rings (SSSR count). The molecule has 0 spiro atoms. The third-order valence-corrected chi connectivity index (χ3v) is 4.39. The molecule has 21 heavy (non-hydrogen) atoms. The lowest BCUT2D eigenvalue weighted by Gasteiger charge is -2.23. The highest BCUT2D eigenvalue weighted by Gasteiger charge is 2.18. The van der Waals surface area contributed by atoms with Gasteiger partial charge in [-0.15, -0.1) is 11.3 Å². The summed E-state index contributed by atoms with van der Waals surface area (Å²) in [6.45, 7) is 9.59. The topological polar surface area (TPSA) is 49.8 Å². The molecular weight excluding hydrogens is 280 g/mol. The number of aromatic nitrogens is 2. The minimum absolute atomic E-state index is 0.276. The van der Waals surface area contributed by atoms with E-state index in [1.54, 1.807) is 17.7 Å². The first-order valence-electron chi connectivity index (χ1n) is 7.48. The molecule has 0 aliphatic carbocycles. The van der Waals surface area contributed by atoms with Crippen molar-refractivity contribution in [3.8, 4) is 0 Å². The monoisotopic (exact) mass is 304 g/mol. The maximum atomic E-state index is 4.42. The van der Waals surface area contributed by atoms with Crippen molar-refractivity contribution >= 4 is 23.0 Å². The van der Waals surface area contributed by atoms with E-state index >= 15 is 0 Å². The summed E-state index contributed by atoms with van der Waals surface area (Å²) < 4.78 is 0. The SMILES string of the molecule is CCCNc1ncnc(NC(c2cccs2)C(C)C)c1C. The Bertz CT molecular complexity index is 551. The van der Waals surface area contributed by atoms with Crippen LogP contribution in [0.3, 0.4) is 0 Å². The molecule has 0 bridgehead atoms. The Labute approximate surface area is 131 Å². The van der Waals surface area contributed by atoms with Crippen molar-refractivity contribution in [1.82, 2.24) is 9.97 Å². The van der Waals surface area contributed by atoms with Crippen LogP contribution >= 0.6 is 11.3 Å². The van der Waals surface area contributed by atoms with E-state index in [-0.39, 0.29) is 6.04 Å². The summed E-state index contributed by atoms with van der Waals surface area (Å²) in [4.78, 5) is 10.1. The standard InChI is InChI=1S/C16H24N4S/c1-5-8-17-15-12(4)16(19-10-18-15)20-14(11(2)3)13-7-6-9-21-13/h6-7,9-11,14H,5,8H2,1-4H3,(H2,17,18,19,20). The molecule has 0 saturated heterocycles. The third-order valence-electron chi connectivity index (χ3n) is 3.44. The number of hydrogen-bond acceptors (Lipinski definition) is 5. The summed E-state index contributed by atoms with van der Waals surface area (Å²) in [7, 11) is 0. The van der Waals surface area contributed by atoms with Crippen molar-refractivity contribution in [1.29, 1.82) is 0 Å². The predicted octanol–water partition coefficient (Wildman–Crippen LogP) is 4.48. The Kier molecular flexibility index (Phi) is 5.56. The fourth-order valence-corrected chi connectivity index (χ4v) is 3.15. The molecule has 0 amide bonds. The average molecular weight is 304 g/mol. The number of thiophene rings is 1. The maximum Gasteiger partial charge on any atom is 0.134 e. The van der Waals surface area contributed by atoms with Crippen LogP contribution in [-0.4, -0.2) is 16.5 Å². The largest absolute Gasteiger partial charge is 0.370 e. The smallest absolute Gasteiger partial charge is 0.134 e. The Morgan fingerprint density at radius 1 is 1.24 bits per heavy atom. The Morgan fingerprint density at radius 2 is 2.00 bits per heavy atom. The average Bonchev–Trinajstić information content (AvgIpc) is 2.98. The highest BCUT2D eigenvalue weighted by molar-refractivity contribution is 7.10. The van der Waals surface area contributed by atoms with E-state index in [4.69, 9.17) is 0 Å². The van der Waals surface area contributed by atoms with Gasteiger partial charge in [0.05, 0.1) is 6.04 Å². The lowest BCUT2D eigenvalue weighted by atomic mass is 10.0. The van der Waals surface area contributed by atoms with Crippen LogP contribution in [0.2, 0.25) is 0 Å². The zero-order chi connectivity index (χ0) is 15.2. The summed E-state index contributed by atoms with van der Waals surface area (Å²) in [5.74, 6) is 2.32. The second-order valence-electron chi connectivity index (χ2n) is 5.50. The summed E-state index contributed by atoms with van der Waals surface area (Å²) in [5.41, 5.74) is 1.08. The van der Waals surface area contributed by atoms with E-state index in [9.17, 15) is 0 Å². The lowest BCUT2D eigenvalue weighted by molar-refractivity contribution is 0.551. The van der Waals surface area contributed by atoms with Crippen molar-refractivity contribution in [2.24, 2.45) is 5.92 Å². The van der Waals surface area contributed by atoms with Crippen molar-refractivity contribution in [3.63, 3.8) is 0 Å². The minimum atomic E-state index is 0.276. The van der Waals surface area contributed by atoms with Gasteiger partial charge in [-0.25, -0.2) is 9.97 Å². The Morgan fingerprint density at radius 3 is 2.62 bits per heavy atom. The van der Waals surface area contributed by atoms with Crippen LogP contribution in [0, 0.1) is 12.8 Å². The molecule has 2 aromatic heterocycles. The van der Waals surface area contributed by atoms with E-state index in [2.05, 4.69) is 65.8 Å². The predicted molar refractivity (Wildman–Crippen MR) is 91.1 cm³/mol. The van der Waals surface area contributed by atoms with Crippen LogP contribution in [0.4, 0.5) is 11.6 Å². The van der Waals surface area contributed by atoms with Gasteiger partial charge in [0.2, 0.25) is 0 Å². The Hall–Kier alpha value is -1.62. The van der Waals surface area contributed by atoms with Gasteiger partial charge in [-0.1, -0.05) is 26.8 Å². The molecule has 1 atom stereocenters. The van der Waals surface area contributed by atoms with E-state index in [0.717, 1.165) is 30.2 Å². The van der Waals surface area contributed by atoms with Crippen LogP contribution < -0.4 is 10.6 Å². The van der Waals surface area contributed by atoms with Gasteiger partial charge < -0.3 is 10.6 Å². The number of nitrogens with zero attached hydrogens (tertiary/aromatic N) is 2. The molecule has 5 heteroatoms. The van der Waals surface area contributed by atoms with Crippen molar-refractivity contribution in [3.05, 3.63) is 34.3 Å². The summed E-state index contributed by atoms with van der Waals surface area (Å²) in [5, 5.41) is 9.06. The zero-order valence-electron chi connectivity index (χ0n) is 13.2. The van der Waals surface area contributed by atoms with Crippen LogP contribution in [0.25, 0.3) is 0 Å². The fourth-order valence-electron chi connectivity index (χ4n) is 2.20. The number of rotatable bonds is 7. The highest BCUT2D eigenvalue weighted by atomic mass is 32.1. The molecule has 1 unspecified atom stereocenters. The first kappa shape index (κ1) is 15.8. The van der Waals surface area contributed by atoms with Crippen LogP contribution in [0.1, 0.15) is 43.7 Å². The first-order valence-corrected chi connectivity index (χ1v) is 8.36. The quantitative estimate of drug-likeness (QED) is 0.792. The fraction of sp³-hybridized carbons (Fsp3) is 0.500. The first-order chi connectivity index (χ1) is 10.1. The molecule has 0 radical (unpaired) electrons. The third kappa shape index (κ3) is 3.94. The van der Waals surface area contributed by atoms with Gasteiger partial charge in [0.1, 0.15) is 18.0 Å². The van der Waals surface area contributed by atoms with E-state index < -0.39 is 0 Å². The molecule has 0 aliphatic rings. The number of anilines is 2. The molecule has 2 heterocycles.